The molecule has 0 aliphatic heterocycles. The summed E-state index contributed by atoms with van der Waals surface area (Å²) in [6.45, 7) is 9.72. The van der Waals surface area contributed by atoms with Gasteiger partial charge in [0.05, 0.1) is 0 Å². The highest BCUT2D eigenvalue weighted by molar-refractivity contribution is 7.92. The van der Waals surface area contributed by atoms with Crippen LogP contribution in [-0.4, -0.2) is 15.6 Å². The molecule has 0 saturated heterocycles. The van der Waals surface area contributed by atoms with Crippen LogP contribution in [0.5, 0.6) is 0 Å². The van der Waals surface area contributed by atoms with Gasteiger partial charge in [-0.25, -0.2) is 0 Å². The average molecular weight is 147 g/mol. The molecule has 0 aliphatic carbocycles. The average Bonchev–Trinajstić information content (AvgIpc) is 1.63. The summed E-state index contributed by atoms with van der Waals surface area (Å²) >= 11 is -0.713. The lowest BCUT2D eigenvalue weighted by Gasteiger charge is -2.15. The second-order valence-corrected chi connectivity index (χ2v) is 4.65. The van der Waals surface area contributed by atoms with Gasteiger partial charge in [-0.3, -0.25) is 0 Å². The summed E-state index contributed by atoms with van der Waals surface area (Å²) in [7, 11) is 0. The van der Waals surface area contributed by atoms with E-state index in [1.54, 1.807) is 0 Å². The Morgan fingerprint density at radius 2 is 1.89 bits per heavy atom. The molecule has 0 aromatic heterocycles. The molecule has 0 fully saturated rings. The highest BCUT2D eigenvalue weighted by atomic mass is 32.2. The van der Waals surface area contributed by atoms with Crippen molar-refractivity contribution >= 4 is 11.2 Å². The van der Waals surface area contributed by atoms with Gasteiger partial charge in [-0.1, -0.05) is 25.0 Å². The molecule has 0 aromatic rings. The van der Waals surface area contributed by atoms with Gasteiger partial charge in [0.15, 0.2) is 0 Å². The van der Waals surface area contributed by atoms with Gasteiger partial charge in [0, 0.05) is 0 Å². The van der Waals surface area contributed by atoms with Crippen LogP contribution in [0.2, 0.25) is 0 Å². The van der Waals surface area contributed by atoms with E-state index in [1.807, 2.05) is 6.92 Å². The molecule has 0 saturated carbocycles. The lowest BCUT2D eigenvalue weighted by atomic mass is 10.3. The van der Waals surface area contributed by atoms with E-state index in [1.165, 1.54) is 0 Å². The van der Waals surface area contributed by atoms with E-state index in [0.29, 0.717) is 5.92 Å². The molecule has 0 heterocycles. The molecule has 1 radical (unpaired) electrons. The maximum Gasteiger partial charge on any atom is 0.113 e. The zero-order valence-corrected chi connectivity index (χ0v) is 7.20. The number of rotatable bonds is 3. The van der Waals surface area contributed by atoms with Gasteiger partial charge in [0.1, 0.15) is 11.0 Å². The Balaban J connectivity index is 3.38. The molecular formula is C7H15OS. The predicted octanol–water partition coefficient (Wildman–Crippen LogP) is 1.61. The van der Waals surface area contributed by atoms with E-state index >= 15 is 0 Å². The van der Waals surface area contributed by atoms with Crippen molar-refractivity contribution in [2.45, 2.75) is 26.0 Å². The summed E-state index contributed by atoms with van der Waals surface area (Å²) in [6.07, 6.45) is 0. The SMILES string of the molecule is [CH2]C(C)[S+]([O-])CC(C)C. The zero-order valence-electron chi connectivity index (χ0n) is 6.39. The second kappa shape index (κ2) is 4.18. The largest absolute Gasteiger partial charge is 0.616 e. The Kier molecular flexibility index (Phi) is 4.32. The fourth-order valence-corrected chi connectivity index (χ4v) is 1.48. The Morgan fingerprint density at radius 3 is 2.00 bits per heavy atom. The van der Waals surface area contributed by atoms with Gasteiger partial charge in [-0.15, -0.1) is 0 Å². The molecule has 2 atom stereocenters. The molecule has 2 unspecified atom stereocenters. The highest BCUT2D eigenvalue weighted by Gasteiger charge is 2.12. The van der Waals surface area contributed by atoms with Crippen LogP contribution in [-0.2, 0) is 11.2 Å². The van der Waals surface area contributed by atoms with Crippen molar-refractivity contribution < 1.29 is 4.55 Å². The molecule has 9 heavy (non-hydrogen) atoms. The van der Waals surface area contributed by atoms with Crippen molar-refractivity contribution in [3.8, 4) is 0 Å². The van der Waals surface area contributed by atoms with E-state index in [9.17, 15) is 4.55 Å². The predicted molar refractivity (Wildman–Crippen MR) is 42.7 cm³/mol. The van der Waals surface area contributed by atoms with Crippen LogP contribution in [0.1, 0.15) is 20.8 Å². The Hall–Kier alpha value is 0.310. The van der Waals surface area contributed by atoms with E-state index < -0.39 is 11.2 Å². The lowest BCUT2D eigenvalue weighted by molar-refractivity contribution is 0.576. The van der Waals surface area contributed by atoms with Gasteiger partial charge in [-0.05, 0) is 19.8 Å². The highest BCUT2D eigenvalue weighted by Crippen LogP contribution is 2.05. The maximum absolute atomic E-state index is 11.0. The summed E-state index contributed by atoms with van der Waals surface area (Å²) in [5, 5.41) is 0.0763. The van der Waals surface area contributed by atoms with Crippen molar-refractivity contribution in [2.75, 3.05) is 5.75 Å². The van der Waals surface area contributed by atoms with Crippen molar-refractivity contribution in [1.29, 1.82) is 0 Å². The minimum Gasteiger partial charge on any atom is -0.616 e. The third-order valence-corrected chi connectivity index (χ3v) is 2.84. The summed E-state index contributed by atoms with van der Waals surface area (Å²) in [5.41, 5.74) is 0. The summed E-state index contributed by atoms with van der Waals surface area (Å²) in [6, 6.07) is 0. The van der Waals surface area contributed by atoms with Crippen LogP contribution in [0.3, 0.4) is 0 Å². The Bertz CT molecular complexity index is 71.3. The first-order chi connectivity index (χ1) is 4.04. The second-order valence-electron chi connectivity index (χ2n) is 2.75. The van der Waals surface area contributed by atoms with Gasteiger partial charge >= 0.3 is 0 Å². The van der Waals surface area contributed by atoms with Crippen LogP contribution in [0.15, 0.2) is 0 Å². The van der Waals surface area contributed by atoms with Crippen LogP contribution >= 0.6 is 0 Å². The fourth-order valence-electron chi connectivity index (χ4n) is 0.493. The summed E-state index contributed by atoms with van der Waals surface area (Å²) in [4.78, 5) is 0. The van der Waals surface area contributed by atoms with Crippen molar-refractivity contribution in [3.63, 3.8) is 0 Å². The molecule has 55 valence electrons. The first-order valence-corrected chi connectivity index (χ1v) is 4.62. The van der Waals surface area contributed by atoms with Crippen molar-refractivity contribution in [1.82, 2.24) is 0 Å². The van der Waals surface area contributed by atoms with Crippen LogP contribution in [0.25, 0.3) is 0 Å². The van der Waals surface area contributed by atoms with Crippen LogP contribution in [0, 0.1) is 12.8 Å². The monoisotopic (exact) mass is 147 g/mol. The Morgan fingerprint density at radius 1 is 1.44 bits per heavy atom. The van der Waals surface area contributed by atoms with E-state index in [-0.39, 0.29) is 5.25 Å². The van der Waals surface area contributed by atoms with E-state index in [0.717, 1.165) is 5.75 Å². The van der Waals surface area contributed by atoms with Gasteiger partial charge in [0.2, 0.25) is 0 Å². The maximum atomic E-state index is 11.0. The minimum atomic E-state index is -0.713. The molecule has 0 N–H and O–H groups in total. The van der Waals surface area contributed by atoms with Gasteiger partial charge in [-0.2, -0.15) is 0 Å². The van der Waals surface area contributed by atoms with E-state index in [4.69, 9.17) is 0 Å². The standard InChI is InChI=1S/C7H15OS/c1-6(2)5-9(8)7(3)4/h6-7H,3,5H2,1-2,4H3. The molecule has 0 rings (SSSR count). The molecule has 0 aliphatic rings. The van der Waals surface area contributed by atoms with Gasteiger partial charge < -0.3 is 4.55 Å². The minimum absolute atomic E-state index is 0.0763. The van der Waals surface area contributed by atoms with Gasteiger partial charge in [0.25, 0.3) is 0 Å². The number of hydrogen-bond acceptors (Lipinski definition) is 1. The Labute approximate surface area is 61.0 Å². The van der Waals surface area contributed by atoms with Crippen molar-refractivity contribution in [2.24, 2.45) is 5.92 Å². The molecular weight excluding hydrogens is 132 g/mol. The van der Waals surface area contributed by atoms with Crippen molar-refractivity contribution in [3.05, 3.63) is 6.92 Å². The molecule has 2 heteroatoms. The first kappa shape index (κ1) is 9.31. The topological polar surface area (TPSA) is 23.1 Å². The molecule has 0 bridgehead atoms. The first-order valence-electron chi connectivity index (χ1n) is 3.24. The third kappa shape index (κ3) is 4.79. The quantitative estimate of drug-likeness (QED) is 0.556. The number of hydrogen-bond donors (Lipinski definition) is 0. The normalized spacial score (nSPS) is 15.0. The molecule has 1 nitrogen and oxygen atoms in total. The fraction of sp³-hybridized carbons (Fsp3) is 0.857. The van der Waals surface area contributed by atoms with Crippen LogP contribution < -0.4 is 0 Å². The molecule has 0 amide bonds. The molecule has 0 spiro atoms. The van der Waals surface area contributed by atoms with E-state index in [2.05, 4.69) is 20.8 Å². The smallest absolute Gasteiger partial charge is 0.113 e. The molecule has 0 aromatic carbocycles. The van der Waals surface area contributed by atoms with Crippen LogP contribution in [0.4, 0.5) is 0 Å². The summed E-state index contributed by atoms with van der Waals surface area (Å²) < 4.78 is 11.0. The summed E-state index contributed by atoms with van der Waals surface area (Å²) in [5.74, 6) is 1.31. The zero-order chi connectivity index (χ0) is 7.44. The third-order valence-electron chi connectivity index (χ3n) is 0.946. The lowest BCUT2D eigenvalue weighted by Crippen LogP contribution is -2.20.